The number of esters is 2. The van der Waals surface area contributed by atoms with Crippen LogP contribution in [-0.2, 0) is 23.8 Å². The van der Waals surface area contributed by atoms with Crippen LogP contribution >= 0.6 is 0 Å². The first-order chi connectivity index (χ1) is 11.6. The van der Waals surface area contributed by atoms with Crippen LogP contribution in [0.15, 0.2) is 24.3 Å². The summed E-state index contributed by atoms with van der Waals surface area (Å²) in [6.07, 6.45) is 0.158. The van der Waals surface area contributed by atoms with E-state index in [1.165, 1.54) is 0 Å². The van der Waals surface area contributed by atoms with Crippen molar-refractivity contribution in [3.05, 3.63) is 29.8 Å². The van der Waals surface area contributed by atoms with Gasteiger partial charge in [0.1, 0.15) is 5.75 Å². The predicted octanol–water partition coefficient (Wildman–Crippen LogP) is 2.52. The number of hydrogen-bond donors (Lipinski definition) is 0. The molecule has 0 bridgehead atoms. The summed E-state index contributed by atoms with van der Waals surface area (Å²) >= 11 is 0. The lowest BCUT2D eigenvalue weighted by Gasteiger charge is -2.25. The monoisotopic (exact) mass is 336 g/mol. The van der Waals surface area contributed by atoms with Crippen molar-refractivity contribution in [2.24, 2.45) is 11.8 Å². The molecule has 0 N–H and O–H groups in total. The Morgan fingerprint density at radius 2 is 1.79 bits per heavy atom. The third-order valence-electron chi connectivity index (χ3n) is 4.09. The Morgan fingerprint density at radius 3 is 2.38 bits per heavy atom. The van der Waals surface area contributed by atoms with Gasteiger partial charge in [0.05, 0.1) is 26.4 Å². The summed E-state index contributed by atoms with van der Waals surface area (Å²) in [5.41, 5.74) is 0.820. The van der Waals surface area contributed by atoms with Crippen LogP contribution in [0.3, 0.4) is 0 Å². The lowest BCUT2D eigenvalue weighted by Crippen LogP contribution is -2.36. The van der Waals surface area contributed by atoms with Crippen LogP contribution in [0.2, 0.25) is 0 Å². The molecule has 0 aliphatic carbocycles. The molecule has 0 saturated carbocycles. The number of hydrogen-bond acceptors (Lipinski definition) is 6. The predicted molar refractivity (Wildman–Crippen MR) is 86.6 cm³/mol. The highest BCUT2D eigenvalue weighted by Gasteiger charge is 2.45. The molecule has 1 aliphatic rings. The Balaban J connectivity index is 2.33. The lowest BCUT2D eigenvalue weighted by atomic mass is 9.83. The van der Waals surface area contributed by atoms with Gasteiger partial charge in [0.2, 0.25) is 0 Å². The lowest BCUT2D eigenvalue weighted by molar-refractivity contribution is -0.165. The van der Waals surface area contributed by atoms with Crippen molar-refractivity contribution in [2.45, 2.75) is 26.4 Å². The number of rotatable bonds is 7. The molecule has 2 unspecified atom stereocenters. The normalized spacial score (nSPS) is 20.0. The molecule has 24 heavy (non-hydrogen) atoms. The molecule has 6 nitrogen and oxygen atoms in total. The minimum atomic E-state index is -0.998. The Kier molecular flexibility index (Phi) is 6.61. The van der Waals surface area contributed by atoms with Gasteiger partial charge in [-0.2, -0.15) is 0 Å². The first-order valence-corrected chi connectivity index (χ1v) is 8.21. The molecule has 1 heterocycles. The summed E-state index contributed by atoms with van der Waals surface area (Å²) in [7, 11) is 1.58. The van der Waals surface area contributed by atoms with Gasteiger partial charge < -0.3 is 18.9 Å². The van der Waals surface area contributed by atoms with Crippen molar-refractivity contribution in [2.75, 3.05) is 26.9 Å². The molecule has 2 atom stereocenters. The number of ether oxygens (including phenoxy) is 4. The molecular weight excluding hydrogens is 312 g/mol. The Morgan fingerprint density at radius 1 is 1.17 bits per heavy atom. The highest BCUT2D eigenvalue weighted by atomic mass is 16.6. The zero-order chi connectivity index (χ0) is 17.5. The van der Waals surface area contributed by atoms with Crippen LogP contribution in [0.25, 0.3) is 0 Å². The van der Waals surface area contributed by atoms with E-state index in [0.717, 1.165) is 5.56 Å². The summed E-state index contributed by atoms with van der Waals surface area (Å²) in [6.45, 7) is 4.30. The molecule has 1 fully saturated rings. The van der Waals surface area contributed by atoms with Crippen LogP contribution in [0, 0.1) is 11.8 Å². The van der Waals surface area contributed by atoms with E-state index < -0.39 is 24.0 Å². The zero-order valence-corrected chi connectivity index (χ0v) is 14.3. The maximum Gasteiger partial charge on any atom is 0.320 e. The largest absolute Gasteiger partial charge is 0.496 e. The van der Waals surface area contributed by atoms with Gasteiger partial charge in [0.15, 0.2) is 5.92 Å². The molecule has 0 aromatic heterocycles. The number of methoxy groups -OCH3 is 1. The van der Waals surface area contributed by atoms with Crippen LogP contribution in [0.1, 0.15) is 31.9 Å². The maximum absolute atomic E-state index is 12.4. The topological polar surface area (TPSA) is 71.1 Å². The molecular formula is C18H24O6. The van der Waals surface area contributed by atoms with Gasteiger partial charge in [0, 0.05) is 18.1 Å². The second-order valence-electron chi connectivity index (χ2n) is 5.47. The second kappa shape index (κ2) is 8.68. The van der Waals surface area contributed by atoms with Gasteiger partial charge >= 0.3 is 11.9 Å². The SMILES string of the molecule is CCOC(=O)C(C(=O)OCC)C1CCOC1c1ccccc1OC. The Bertz CT molecular complexity index is 552. The smallest absolute Gasteiger partial charge is 0.320 e. The molecule has 0 spiro atoms. The summed E-state index contributed by atoms with van der Waals surface area (Å²) < 4.78 is 21.4. The molecule has 6 heteroatoms. The molecule has 1 aliphatic heterocycles. The number of carbonyl (C=O) groups is 2. The van der Waals surface area contributed by atoms with Crippen molar-refractivity contribution in [1.82, 2.24) is 0 Å². The molecule has 1 aromatic rings. The summed E-state index contributed by atoms with van der Waals surface area (Å²) in [6, 6.07) is 7.45. The quantitative estimate of drug-likeness (QED) is 0.563. The Hall–Kier alpha value is -2.08. The van der Waals surface area contributed by atoms with E-state index in [9.17, 15) is 9.59 Å². The van der Waals surface area contributed by atoms with Crippen molar-refractivity contribution in [3.63, 3.8) is 0 Å². The zero-order valence-electron chi connectivity index (χ0n) is 14.3. The van der Waals surface area contributed by atoms with Crippen LogP contribution in [0.5, 0.6) is 5.75 Å². The van der Waals surface area contributed by atoms with Crippen molar-refractivity contribution >= 4 is 11.9 Å². The first-order valence-electron chi connectivity index (χ1n) is 8.21. The third-order valence-corrected chi connectivity index (χ3v) is 4.09. The van der Waals surface area contributed by atoms with Crippen molar-refractivity contribution in [1.29, 1.82) is 0 Å². The van der Waals surface area contributed by atoms with Gasteiger partial charge in [-0.1, -0.05) is 18.2 Å². The van der Waals surface area contributed by atoms with Crippen LogP contribution < -0.4 is 4.74 Å². The fraction of sp³-hybridized carbons (Fsp3) is 0.556. The summed E-state index contributed by atoms with van der Waals surface area (Å²) in [5.74, 6) is -1.81. The van der Waals surface area contributed by atoms with Gasteiger partial charge in [-0.25, -0.2) is 0 Å². The van der Waals surface area contributed by atoms with E-state index in [1.807, 2.05) is 24.3 Å². The highest BCUT2D eigenvalue weighted by Crippen LogP contribution is 2.43. The molecule has 1 saturated heterocycles. The maximum atomic E-state index is 12.4. The van der Waals surface area contributed by atoms with Gasteiger partial charge in [-0.3, -0.25) is 9.59 Å². The standard InChI is InChI=1S/C18H24O6/c1-4-22-17(19)15(18(20)23-5-2)13-10-11-24-16(13)12-8-6-7-9-14(12)21-3/h6-9,13,15-16H,4-5,10-11H2,1-3H3. The van der Waals surface area contributed by atoms with E-state index in [4.69, 9.17) is 18.9 Å². The fourth-order valence-electron chi connectivity index (χ4n) is 3.08. The number of benzene rings is 1. The van der Waals surface area contributed by atoms with Crippen molar-refractivity contribution < 1.29 is 28.5 Å². The first kappa shape index (κ1) is 18.3. The molecule has 0 radical (unpaired) electrons. The third kappa shape index (κ3) is 3.87. The van der Waals surface area contributed by atoms with E-state index in [1.54, 1.807) is 21.0 Å². The average Bonchev–Trinajstić information content (AvgIpc) is 3.04. The van der Waals surface area contributed by atoms with Gasteiger partial charge in [-0.05, 0) is 26.3 Å². The molecule has 132 valence electrons. The molecule has 0 amide bonds. The minimum Gasteiger partial charge on any atom is -0.496 e. The summed E-state index contributed by atoms with van der Waals surface area (Å²) in [4.78, 5) is 24.7. The number of para-hydroxylation sites is 1. The minimum absolute atomic E-state index is 0.210. The summed E-state index contributed by atoms with van der Waals surface area (Å²) in [5, 5.41) is 0. The molecule has 1 aromatic carbocycles. The Labute approximate surface area is 142 Å². The number of carbonyl (C=O) groups excluding carboxylic acids is 2. The fourth-order valence-corrected chi connectivity index (χ4v) is 3.08. The second-order valence-corrected chi connectivity index (χ2v) is 5.47. The van der Waals surface area contributed by atoms with E-state index in [-0.39, 0.29) is 19.1 Å². The van der Waals surface area contributed by atoms with Crippen LogP contribution in [-0.4, -0.2) is 38.9 Å². The van der Waals surface area contributed by atoms with E-state index in [0.29, 0.717) is 18.8 Å². The van der Waals surface area contributed by atoms with E-state index in [2.05, 4.69) is 0 Å². The highest BCUT2D eigenvalue weighted by molar-refractivity contribution is 5.95. The van der Waals surface area contributed by atoms with Crippen molar-refractivity contribution in [3.8, 4) is 5.75 Å². The van der Waals surface area contributed by atoms with Crippen LogP contribution in [0.4, 0.5) is 0 Å². The average molecular weight is 336 g/mol. The van der Waals surface area contributed by atoms with Gasteiger partial charge in [0.25, 0.3) is 0 Å². The molecule has 2 rings (SSSR count). The van der Waals surface area contributed by atoms with Gasteiger partial charge in [-0.15, -0.1) is 0 Å². The van der Waals surface area contributed by atoms with E-state index >= 15 is 0 Å².